The maximum absolute atomic E-state index is 11.7. The first-order valence-electron chi connectivity index (χ1n) is 6.33. The van der Waals surface area contributed by atoms with E-state index < -0.39 is 9.05 Å². The van der Waals surface area contributed by atoms with E-state index in [2.05, 4.69) is 0 Å². The molecule has 0 aliphatic carbocycles. The summed E-state index contributed by atoms with van der Waals surface area (Å²) >= 11 is 6.01. The van der Waals surface area contributed by atoms with Gasteiger partial charge >= 0.3 is 0 Å². The van der Waals surface area contributed by atoms with Gasteiger partial charge in [0.1, 0.15) is 0 Å². The first-order chi connectivity index (χ1) is 9.93. The Morgan fingerprint density at radius 2 is 1.81 bits per heavy atom. The molecule has 112 valence electrons. The van der Waals surface area contributed by atoms with E-state index in [1.165, 1.54) is 6.07 Å². The van der Waals surface area contributed by atoms with Gasteiger partial charge in [0.25, 0.3) is 9.05 Å². The fourth-order valence-corrected chi connectivity index (χ4v) is 3.34. The highest BCUT2D eigenvalue weighted by molar-refractivity contribution is 8.13. The van der Waals surface area contributed by atoms with Crippen molar-refractivity contribution in [2.75, 3.05) is 6.61 Å². The Balaban J connectivity index is 2.62. The topological polar surface area (TPSA) is 43.4 Å². The van der Waals surface area contributed by atoms with Gasteiger partial charge in [0.2, 0.25) is 0 Å². The van der Waals surface area contributed by atoms with Crippen LogP contribution in [0.4, 0.5) is 0 Å². The molecule has 0 aliphatic rings. The highest BCUT2D eigenvalue weighted by atomic mass is 35.7. The van der Waals surface area contributed by atoms with Gasteiger partial charge in [0.05, 0.1) is 11.5 Å². The molecule has 0 amide bonds. The highest BCUT2D eigenvalue weighted by Crippen LogP contribution is 2.33. The SMILES string of the molecule is CCOCc1cc(Cl)ccc1-c1ccccc1S(=O)(=O)Cl. The Morgan fingerprint density at radius 3 is 2.48 bits per heavy atom. The van der Waals surface area contributed by atoms with E-state index in [0.717, 1.165) is 11.1 Å². The predicted molar refractivity (Wildman–Crippen MR) is 85.3 cm³/mol. The fourth-order valence-electron chi connectivity index (χ4n) is 2.06. The normalized spacial score (nSPS) is 11.6. The maximum Gasteiger partial charge on any atom is 0.261 e. The van der Waals surface area contributed by atoms with Gasteiger partial charge in [-0.2, -0.15) is 0 Å². The van der Waals surface area contributed by atoms with Crippen LogP contribution in [0, 0.1) is 0 Å². The van der Waals surface area contributed by atoms with E-state index in [0.29, 0.717) is 23.8 Å². The molecule has 0 N–H and O–H groups in total. The highest BCUT2D eigenvalue weighted by Gasteiger charge is 2.18. The molecule has 0 aromatic heterocycles. The number of ether oxygens (including phenoxy) is 1. The van der Waals surface area contributed by atoms with Gasteiger partial charge in [0, 0.05) is 27.9 Å². The summed E-state index contributed by atoms with van der Waals surface area (Å²) in [6, 6.07) is 11.9. The van der Waals surface area contributed by atoms with Crippen LogP contribution in [-0.2, 0) is 20.4 Å². The second-order valence-corrected chi connectivity index (χ2v) is 7.34. The summed E-state index contributed by atoms with van der Waals surface area (Å²) in [4.78, 5) is 0.0757. The Labute approximate surface area is 133 Å². The molecule has 0 unspecified atom stereocenters. The van der Waals surface area contributed by atoms with Gasteiger partial charge in [-0.15, -0.1) is 0 Å². The van der Waals surface area contributed by atoms with Crippen LogP contribution in [-0.4, -0.2) is 15.0 Å². The average molecular weight is 345 g/mol. The lowest BCUT2D eigenvalue weighted by atomic mass is 10.00. The summed E-state index contributed by atoms with van der Waals surface area (Å²) in [6.07, 6.45) is 0. The zero-order chi connectivity index (χ0) is 15.5. The second kappa shape index (κ2) is 6.79. The van der Waals surface area contributed by atoms with Gasteiger partial charge in [-0.05, 0) is 36.2 Å². The molecule has 0 atom stereocenters. The fraction of sp³-hybridized carbons (Fsp3) is 0.200. The second-order valence-electron chi connectivity index (χ2n) is 4.37. The van der Waals surface area contributed by atoms with Gasteiger partial charge < -0.3 is 4.74 Å². The molecule has 0 fully saturated rings. The van der Waals surface area contributed by atoms with Crippen LogP contribution >= 0.6 is 22.3 Å². The lowest BCUT2D eigenvalue weighted by Gasteiger charge is -2.13. The maximum atomic E-state index is 11.7. The van der Waals surface area contributed by atoms with Gasteiger partial charge in [-0.1, -0.05) is 35.9 Å². The molecule has 0 heterocycles. The van der Waals surface area contributed by atoms with E-state index in [9.17, 15) is 8.42 Å². The van der Waals surface area contributed by atoms with Crippen LogP contribution in [0.1, 0.15) is 12.5 Å². The largest absolute Gasteiger partial charge is 0.377 e. The number of halogens is 2. The van der Waals surface area contributed by atoms with Crippen LogP contribution in [0.15, 0.2) is 47.4 Å². The summed E-state index contributed by atoms with van der Waals surface area (Å²) in [5, 5.41) is 0.569. The molecule has 0 aliphatic heterocycles. The van der Waals surface area contributed by atoms with Crippen molar-refractivity contribution in [3.8, 4) is 11.1 Å². The molecule has 21 heavy (non-hydrogen) atoms. The van der Waals surface area contributed by atoms with E-state index in [4.69, 9.17) is 27.0 Å². The lowest BCUT2D eigenvalue weighted by molar-refractivity contribution is 0.134. The summed E-state index contributed by atoms with van der Waals surface area (Å²) in [5.41, 5.74) is 2.10. The summed E-state index contributed by atoms with van der Waals surface area (Å²) in [5.74, 6) is 0. The van der Waals surface area contributed by atoms with E-state index >= 15 is 0 Å². The quantitative estimate of drug-likeness (QED) is 0.751. The Hall–Kier alpha value is -1.07. The van der Waals surface area contributed by atoms with Crippen LogP contribution in [0.2, 0.25) is 5.02 Å². The number of benzene rings is 2. The van der Waals surface area contributed by atoms with Gasteiger partial charge in [0.15, 0.2) is 0 Å². The standard InChI is InChI=1S/C15H14Cl2O3S/c1-2-20-10-11-9-12(16)7-8-13(11)14-5-3-4-6-15(14)21(17,18)19/h3-9H,2,10H2,1H3. The summed E-state index contributed by atoms with van der Waals surface area (Å²) < 4.78 is 28.9. The molecule has 2 aromatic rings. The molecule has 2 aromatic carbocycles. The number of hydrogen-bond donors (Lipinski definition) is 0. The monoisotopic (exact) mass is 344 g/mol. The van der Waals surface area contributed by atoms with Crippen LogP contribution in [0.3, 0.4) is 0 Å². The smallest absolute Gasteiger partial charge is 0.261 e. The van der Waals surface area contributed by atoms with E-state index in [-0.39, 0.29) is 4.90 Å². The van der Waals surface area contributed by atoms with Crippen LogP contribution < -0.4 is 0 Å². The van der Waals surface area contributed by atoms with E-state index in [1.807, 2.05) is 6.92 Å². The molecule has 0 radical (unpaired) electrons. The van der Waals surface area contributed by atoms with Crippen molar-refractivity contribution >= 4 is 31.3 Å². The van der Waals surface area contributed by atoms with Gasteiger partial charge in [-0.3, -0.25) is 0 Å². The molecule has 0 saturated heterocycles. The van der Waals surface area contributed by atoms with Gasteiger partial charge in [-0.25, -0.2) is 8.42 Å². The molecule has 0 saturated carbocycles. The Morgan fingerprint density at radius 1 is 1.10 bits per heavy atom. The molecule has 6 heteroatoms. The molecular weight excluding hydrogens is 331 g/mol. The minimum atomic E-state index is -3.83. The first kappa shape index (κ1) is 16.3. The van der Waals surface area contributed by atoms with Crippen molar-refractivity contribution in [2.45, 2.75) is 18.4 Å². The van der Waals surface area contributed by atoms with Crippen molar-refractivity contribution in [3.63, 3.8) is 0 Å². The molecular formula is C15H14Cl2O3S. The Bertz CT molecular complexity index is 742. The lowest BCUT2D eigenvalue weighted by Crippen LogP contribution is -1.99. The van der Waals surface area contributed by atoms with Crippen LogP contribution in [0.25, 0.3) is 11.1 Å². The first-order valence-corrected chi connectivity index (χ1v) is 9.02. The number of hydrogen-bond acceptors (Lipinski definition) is 3. The molecule has 2 rings (SSSR count). The zero-order valence-corrected chi connectivity index (χ0v) is 13.7. The Kier molecular flexibility index (Phi) is 5.27. The predicted octanol–water partition coefficient (Wildman–Crippen LogP) is 4.47. The van der Waals surface area contributed by atoms with Crippen molar-refractivity contribution in [1.29, 1.82) is 0 Å². The number of rotatable bonds is 5. The third-order valence-electron chi connectivity index (χ3n) is 2.97. The van der Waals surface area contributed by atoms with Crippen molar-refractivity contribution < 1.29 is 13.2 Å². The third kappa shape index (κ3) is 3.98. The minimum absolute atomic E-state index is 0.0757. The summed E-state index contributed by atoms with van der Waals surface area (Å²) in [6.45, 7) is 2.80. The summed E-state index contributed by atoms with van der Waals surface area (Å²) in [7, 11) is 1.69. The zero-order valence-electron chi connectivity index (χ0n) is 11.3. The minimum Gasteiger partial charge on any atom is -0.377 e. The third-order valence-corrected chi connectivity index (χ3v) is 4.58. The van der Waals surface area contributed by atoms with E-state index in [1.54, 1.807) is 36.4 Å². The molecule has 0 spiro atoms. The van der Waals surface area contributed by atoms with Crippen LogP contribution in [0.5, 0.6) is 0 Å². The van der Waals surface area contributed by atoms with Crippen molar-refractivity contribution in [3.05, 3.63) is 53.1 Å². The van der Waals surface area contributed by atoms with Crippen molar-refractivity contribution in [1.82, 2.24) is 0 Å². The molecule has 0 bridgehead atoms. The average Bonchev–Trinajstić information content (AvgIpc) is 2.44. The molecule has 3 nitrogen and oxygen atoms in total. The van der Waals surface area contributed by atoms with Crippen molar-refractivity contribution in [2.24, 2.45) is 0 Å².